The predicted molar refractivity (Wildman–Crippen MR) is 105 cm³/mol. The van der Waals surface area contributed by atoms with Crippen LogP contribution < -0.4 is 5.32 Å². The summed E-state index contributed by atoms with van der Waals surface area (Å²) in [7, 11) is 0. The van der Waals surface area contributed by atoms with E-state index in [0.717, 1.165) is 5.75 Å². The molecule has 1 heterocycles. The van der Waals surface area contributed by atoms with E-state index in [1.165, 1.54) is 6.92 Å². The normalized spacial score (nSPS) is 15.5. The molecular weight excluding hydrogens is 374 g/mol. The SMILES string of the molecule is CSCC[C@@H](NC(=O)c1ccccc1Cl)C(=O)N1CCN(C(C)=O)CC1. The number of amides is 3. The third kappa shape index (κ3) is 5.38. The molecule has 1 fully saturated rings. The molecule has 1 atom stereocenters. The van der Waals surface area contributed by atoms with Crippen molar-refractivity contribution in [1.29, 1.82) is 0 Å². The third-order valence-corrected chi connectivity index (χ3v) is 5.34. The summed E-state index contributed by atoms with van der Waals surface area (Å²) in [6.45, 7) is 3.54. The van der Waals surface area contributed by atoms with Crippen LogP contribution >= 0.6 is 23.4 Å². The first-order valence-electron chi connectivity index (χ1n) is 8.52. The predicted octanol–water partition coefficient (Wildman–Crippen LogP) is 1.88. The monoisotopic (exact) mass is 397 g/mol. The summed E-state index contributed by atoms with van der Waals surface area (Å²) in [5.41, 5.74) is 0.359. The van der Waals surface area contributed by atoms with Crippen molar-refractivity contribution >= 4 is 41.1 Å². The van der Waals surface area contributed by atoms with Gasteiger partial charge in [0.05, 0.1) is 10.6 Å². The number of carbonyl (C=O) groups is 3. The second-order valence-corrected chi connectivity index (χ2v) is 7.51. The fourth-order valence-electron chi connectivity index (χ4n) is 2.84. The highest BCUT2D eigenvalue weighted by molar-refractivity contribution is 7.98. The van der Waals surface area contributed by atoms with Gasteiger partial charge >= 0.3 is 0 Å². The van der Waals surface area contributed by atoms with Gasteiger partial charge in [-0.05, 0) is 30.6 Å². The van der Waals surface area contributed by atoms with Crippen LogP contribution in [0.25, 0.3) is 0 Å². The van der Waals surface area contributed by atoms with Gasteiger partial charge in [-0.1, -0.05) is 23.7 Å². The van der Waals surface area contributed by atoms with Crippen LogP contribution in [0.4, 0.5) is 0 Å². The summed E-state index contributed by atoms with van der Waals surface area (Å²) in [5, 5.41) is 3.19. The number of hydrogen-bond donors (Lipinski definition) is 1. The van der Waals surface area contributed by atoms with E-state index in [-0.39, 0.29) is 17.7 Å². The largest absolute Gasteiger partial charge is 0.340 e. The number of hydrogen-bond acceptors (Lipinski definition) is 4. The average Bonchev–Trinajstić information content (AvgIpc) is 2.64. The van der Waals surface area contributed by atoms with Crippen molar-refractivity contribution in [3.8, 4) is 0 Å². The first-order valence-corrected chi connectivity index (χ1v) is 10.3. The highest BCUT2D eigenvalue weighted by Crippen LogP contribution is 2.16. The molecule has 0 aliphatic carbocycles. The molecule has 8 heteroatoms. The molecule has 1 aromatic carbocycles. The van der Waals surface area contributed by atoms with Crippen LogP contribution in [0.3, 0.4) is 0 Å². The van der Waals surface area contributed by atoms with Gasteiger partial charge in [-0.3, -0.25) is 14.4 Å². The minimum atomic E-state index is -0.602. The zero-order valence-electron chi connectivity index (χ0n) is 15.0. The van der Waals surface area contributed by atoms with Gasteiger partial charge in [0.1, 0.15) is 6.04 Å². The topological polar surface area (TPSA) is 69.7 Å². The Kier molecular flexibility index (Phi) is 7.78. The summed E-state index contributed by atoms with van der Waals surface area (Å²) in [5.74, 6) is 0.315. The molecule has 0 aromatic heterocycles. The van der Waals surface area contributed by atoms with E-state index in [9.17, 15) is 14.4 Å². The molecule has 6 nitrogen and oxygen atoms in total. The van der Waals surface area contributed by atoms with Gasteiger partial charge in [0, 0.05) is 33.1 Å². The van der Waals surface area contributed by atoms with Crippen molar-refractivity contribution < 1.29 is 14.4 Å². The van der Waals surface area contributed by atoms with Crippen molar-refractivity contribution in [3.63, 3.8) is 0 Å². The maximum absolute atomic E-state index is 12.9. The standard InChI is InChI=1S/C18H24ClN3O3S/c1-13(23)21-8-10-22(11-9-21)18(25)16(7-12-26-2)20-17(24)14-5-3-4-6-15(14)19/h3-6,16H,7-12H2,1-2H3,(H,20,24)/t16-/m1/s1. The number of rotatable bonds is 6. The summed E-state index contributed by atoms with van der Waals surface area (Å²) in [4.78, 5) is 40.3. The maximum Gasteiger partial charge on any atom is 0.253 e. The Labute approximate surface area is 163 Å². The summed E-state index contributed by atoms with van der Waals surface area (Å²) >= 11 is 7.71. The number of benzene rings is 1. The number of carbonyl (C=O) groups excluding carboxylic acids is 3. The minimum Gasteiger partial charge on any atom is -0.340 e. The zero-order valence-corrected chi connectivity index (χ0v) is 16.6. The number of piperazine rings is 1. The van der Waals surface area contributed by atoms with Gasteiger partial charge in [0.25, 0.3) is 5.91 Å². The van der Waals surface area contributed by atoms with E-state index < -0.39 is 6.04 Å². The molecule has 142 valence electrons. The molecule has 0 bridgehead atoms. The van der Waals surface area contributed by atoms with Crippen LogP contribution in [-0.4, -0.2) is 71.8 Å². The van der Waals surface area contributed by atoms with Crippen molar-refractivity contribution in [3.05, 3.63) is 34.9 Å². The van der Waals surface area contributed by atoms with Gasteiger partial charge < -0.3 is 15.1 Å². The third-order valence-electron chi connectivity index (χ3n) is 4.37. The zero-order chi connectivity index (χ0) is 19.1. The summed E-state index contributed by atoms with van der Waals surface area (Å²) in [6.07, 6.45) is 2.51. The number of nitrogens with zero attached hydrogens (tertiary/aromatic N) is 2. The second kappa shape index (κ2) is 9.83. The highest BCUT2D eigenvalue weighted by atomic mass is 35.5. The quantitative estimate of drug-likeness (QED) is 0.795. The van der Waals surface area contributed by atoms with E-state index in [0.29, 0.717) is 43.2 Å². The molecule has 1 aliphatic heterocycles. The molecule has 3 amide bonds. The Morgan fingerprint density at radius 3 is 2.35 bits per heavy atom. The Morgan fingerprint density at radius 2 is 1.77 bits per heavy atom. The molecule has 2 rings (SSSR count). The molecule has 26 heavy (non-hydrogen) atoms. The molecule has 0 unspecified atom stereocenters. The van der Waals surface area contributed by atoms with E-state index in [1.54, 1.807) is 45.8 Å². The van der Waals surface area contributed by atoms with Crippen LogP contribution in [0.1, 0.15) is 23.7 Å². The molecule has 1 saturated heterocycles. The van der Waals surface area contributed by atoms with Crippen molar-refractivity contribution in [1.82, 2.24) is 15.1 Å². The van der Waals surface area contributed by atoms with Crippen molar-refractivity contribution in [2.24, 2.45) is 0 Å². The van der Waals surface area contributed by atoms with Crippen LogP contribution in [0, 0.1) is 0 Å². The summed E-state index contributed by atoms with van der Waals surface area (Å²) in [6, 6.07) is 6.18. The molecule has 1 aliphatic rings. The molecule has 0 spiro atoms. The first-order chi connectivity index (χ1) is 12.4. The van der Waals surface area contributed by atoms with Gasteiger partial charge in [0.15, 0.2) is 0 Å². The molecule has 0 saturated carbocycles. The fraction of sp³-hybridized carbons (Fsp3) is 0.500. The Hall–Kier alpha value is -1.73. The number of nitrogens with one attached hydrogen (secondary N) is 1. The van der Waals surface area contributed by atoms with Crippen molar-refractivity contribution in [2.45, 2.75) is 19.4 Å². The number of halogens is 1. The van der Waals surface area contributed by atoms with Crippen molar-refractivity contribution in [2.75, 3.05) is 38.2 Å². The second-order valence-electron chi connectivity index (χ2n) is 6.12. The van der Waals surface area contributed by atoms with Crippen LogP contribution in [0.5, 0.6) is 0 Å². The molecule has 0 radical (unpaired) electrons. The van der Waals surface area contributed by atoms with Gasteiger partial charge in [-0.15, -0.1) is 0 Å². The lowest BCUT2D eigenvalue weighted by atomic mass is 10.1. The van der Waals surface area contributed by atoms with E-state index in [2.05, 4.69) is 5.32 Å². The lowest BCUT2D eigenvalue weighted by molar-refractivity contribution is -0.139. The first kappa shape index (κ1) is 20.6. The molecule has 1 aromatic rings. The Balaban J connectivity index is 2.04. The lowest BCUT2D eigenvalue weighted by Crippen LogP contribution is -2.55. The maximum atomic E-state index is 12.9. The lowest BCUT2D eigenvalue weighted by Gasteiger charge is -2.36. The average molecular weight is 398 g/mol. The van der Waals surface area contributed by atoms with E-state index >= 15 is 0 Å². The Bertz CT molecular complexity index is 663. The molecular formula is C18H24ClN3O3S. The fourth-order valence-corrected chi connectivity index (χ4v) is 3.53. The minimum absolute atomic E-state index is 0.0167. The highest BCUT2D eigenvalue weighted by Gasteiger charge is 2.29. The van der Waals surface area contributed by atoms with Gasteiger partial charge in [-0.2, -0.15) is 11.8 Å². The Morgan fingerprint density at radius 1 is 1.15 bits per heavy atom. The summed E-state index contributed by atoms with van der Waals surface area (Å²) < 4.78 is 0. The van der Waals surface area contributed by atoms with Crippen LogP contribution in [-0.2, 0) is 9.59 Å². The van der Waals surface area contributed by atoms with E-state index in [1.807, 2.05) is 6.26 Å². The van der Waals surface area contributed by atoms with Crippen LogP contribution in [0.15, 0.2) is 24.3 Å². The van der Waals surface area contributed by atoms with Gasteiger partial charge in [-0.25, -0.2) is 0 Å². The smallest absolute Gasteiger partial charge is 0.253 e. The van der Waals surface area contributed by atoms with Crippen LogP contribution in [0.2, 0.25) is 5.02 Å². The van der Waals surface area contributed by atoms with Gasteiger partial charge in [0.2, 0.25) is 11.8 Å². The molecule has 1 N–H and O–H groups in total. The number of thioether (sulfide) groups is 1. The van der Waals surface area contributed by atoms with E-state index in [4.69, 9.17) is 11.6 Å².